The number of piperidine rings is 1. The lowest BCUT2D eigenvalue weighted by molar-refractivity contribution is -0.173. The number of halogens is 3. The molecule has 8 heteroatoms. The molecule has 0 unspecified atom stereocenters. The molecule has 5 nitrogen and oxygen atoms in total. The number of nitrogens with one attached hydrogen (secondary N) is 1. The summed E-state index contributed by atoms with van der Waals surface area (Å²) in [5.74, 6) is 1.34. The largest absolute Gasteiger partial charge is 0.410 e. The number of likely N-dealkylation sites (tertiary alicyclic amines) is 1. The smallest absolute Gasteiger partial charge is 0.368 e. The SMILES string of the molecule is C[C@@H]1C[C@H](C(F)(F)F)n2nc(C3CCN(C(=O)CC4CCCC4)CC3)cc2N1. The van der Waals surface area contributed by atoms with E-state index in [0.29, 0.717) is 36.9 Å². The van der Waals surface area contributed by atoms with Crippen LogP contribution in [-0.4, -0.2) is 45.9 Å². The summed E-state index contributed by atoms with van der Waals surface area (Å²) in [5, 5.41) is 7.47. The number of alkyl halides is 3. The van der Waals surface area contributed by atoms with Crippen LogP contribution in [0.5, 0.6) is 0 Å². The van der Waals surface area contributed by atoms with Crippen molar-refractivity contribution < 1.29 is 18.0 Å². The highest BCUT2D eigenvalue weighted by Crippen LogP contribution is 2.41. The minimum Gasteiger partial charge on any atom is -0.368 e. The third kappa shape index (κ3) is 4.01. The van der Waals surface area contributed by atoms with Gasteiger partial charge in [0.1, 0.15) is 5.82 Å². The molecule has 2 atom stereocenters. The van der Waals surface area contributed by atoms with Crippen LogP contribution >= 0.6 is 0 Å². The van der Waals surface area contributed by atoms with Crippen molar-refractivity contribution in [3.05, 3.63) is 11.8 Å². The van der Waals surface area contributed by atoms with Gasteiger partial charge in [-0.2, -0.15) is 18.3 Å². The first-order valence-corrected chi connectivity index (χ1v) is 10.5. The van der Waals surface area contributed by atoms with Gasteiger partial charge in [0.05, 0.1) is 5.69 Å². The molecule has 1 aliphatic carbocycles. The van der Waals surface area contributed by atoms with Gasteiger partial charge in [0.15, 0.2) is 6.04 Å². The number of amides is 1. The van der Waals surface area contributed by atoms with Crippen LogP contribution in [-0.2, 0) is 4.79 Å². The average Bonchev–Trinajstić information content (AvgIpc) is 3.29. The van der Waals surface area contributed by atoms with Crippen molar-refractivity contribution in [1.82, 2.24) is 14.7 Å². The molecule has 28 heavy (non-hydrogen) atoms. The predicted octanol–water partition coefficient (Wildman–Crippen LogP) is 4.48. The fourth-order valence-corrected chi connectivity index (χ4v) is 4.99. The van der Waals surface area contributed by atoms with E-state index >= 15 is 0 Å². The molecule has 0 aromatic carbocycles. The van der Waals surface area contributed by atoms with Gasteiger partial charge in [0.2, 0.25) is 5.91 Å². The van der Waals surface area contributed by atoms with E-state index in [4.69, 9.17) is 0 Å². The molecule has 2 fully saturated rings. The highest BCUT2D eigenvalue weighted by molar-refractivity contribution is 5.76. The first-order valence-electron chi connectivity index (χ1n) is 10.5. The summed E-state index contributed by atoms with van der Waals surface area (Å²) in [5.41, 5.74) is 0.716. The van der Waals surface area contributed by atoms with Crippen molar-refractivity contribution in [2.24, 2.45) is 5.92 Å². The first kappa shape index (κ1) is 19.6. The second kappa shape index (κ2) is 7.59. The van der Waals surface area contributed by atoms with Crippen LogP contribution in [0.2, 0.25) is 0 Å². The molecule has 4 rings (SSSR count). The summed E-state index contributed by atoms with van der Waals surface area (Å²) >= 11 is 0. The summed E-state index contributed by atoms with van der Waals surface area (Å²) in [6, 6.07) is -0.0333. The zero-order valence-electron chi connectivity index (χ0n) is 16.3. The molecular weight excluding hydrogens is 369 g/mol. The molecule has 1 aromatic rings. The van der Waals surface area contributed by atoms with E-state index in [2.05, 4.69) is 10.4 Å². The highest BCUT2D eigenvalue weighted by atomic mass is 19.4. The maximum absolute atomic E-state index is 13.4. The number of fused-ring (bicyclic) bond motifs is 1. The Kier molecular flexibility index (Phi) is 5.31. The third-order valence-electron chi connectivity index (χ3n) is 6.60. The molecule has 1 N–H and O–H groups in total. The van der Waals surface area contributed by atoms with Crippen LogP contribution < -0.4 is 5.32 Å². The number of carbonyl (C=O) groups excluding carboxylic acids is 1. The molecule has 2 aliphatic heterocycles. The Morgan fingerprint density at radius 3 is 2.54 bits per heavy atom. The maximum atomic E-state index is 13.4. The Hall–Kier alpha value is -1.73. The normalized spacial score (nSPS) is 26.9. The second-order valence-corrected chi connectivity index (χ2v) is 8.75. The standard InChI is InChI=1S/C20H29F3N4O/c1-13-10-17(20(21,22)23)27-18(24-13)12-16(25-27)15-6-8-26(9-7-15)19(28)11-14-4-2-3-5-14/h12-15,17,24H,2-11H2,1H3/t13-,17-/m1/s1. The molecule has 3 heterocycles. The van der Waals surface area contributed by atoms with Gasteiger partial charge in [-0.25, -0.2) is 4.68 Å². The number of nitrogens with zero attached hydrogens (tertiary/aromatic N) is 3. The van der Waals surface area contributed by atoms with Crippen LogP contribution in [0.4, 0.5) is 19.0 Å². The summed E-state index contributed by atoms with van der Waals surface area (Å²) < 4.78 is 41.4. The van der Waals surface area contributed by atoms with E-state index in [-0.39, 0.29) is 24.3 Å². The van der Waals surface area contributed by atoms with Gasteiger partial charge in [-0.05, 0) is 44.9 Å². The molecule has 1 amide bonds. The third-order valence-corrected chi connectivity index (χ3v) is 6.60. The van der Waals surface area contributed by atoms with Crippen molar-refractivity contribution in [3.8, 4) is 0 Å². The van der Waals surface area contributed by atoms with Gasteiger partial charge in [-0.3, -0.25) is 4.79 Å². The Bertz CT molecular complexity index is 703. The average molecular weight is 398 g/mol. The maximum Gasteiger partial charge on any atom is 0.410 e. The summed E-state index contributed by atoms with van der Waals surface area (Å²) in [4.78, 5) is 14.5. The lowest BCUT2D eigenvalue weighted by Crippen LogP contribution is -2.39. The van der Waals surface area contributed by atoms with Crippen molar-refractivity contribution in [2.45, 2.75) is 82.5 Å². The zero-order valence-corrected chi connectivity index (χ0v) is 16.3. The number of rotatable bonds is 3. The lowest BCUT2D eigenvalue weighted by Gasteiger charge is -2.32. The molecule has 3 aliphatic rings. The molecule has 1 saturated heterocycles. The fourth-order valence-electron chi connectivity index (χ4n) is 4.99. The molecule has 1 saturated carbocycles. The molecule has 1 aromatic heterocycles. The monoisotopic (exact) mass is 398 g/mol. The summed E-state index contributed by atoms with van der Waals surface area (Å²) in [6.07, 6.45) is 2.66. The van der Waals surface area contributed by atoms with E-state index in [1.807, 2.05) is 4.90 Å². The Morgan fingerprint density at radius 2 is 1.89 bits per heavy atom. The van der Waals surface area contributed by atoms with Gasteiger partial charge in [0.25, 0.3) is 0 Å². The van der Waals surface area contributed by atoms with Crippen molar-refractivity contribution in [3.63, 3.8) is 0 Å². The number of aromatic nitrogens is 2. The summed E-state index contributed by atoms with van der Waals surface area (Å²) in [7, 11) is 0. The number of carbonyl (C=O) groups is 1. The minimum atomic E-state index is -4.30. The van der Waals surface area contributed by atoms with Gasteiger partial charge in [0, 0.05) is 37.5 Å². The second-order valence-electron chi connectivity index (χ2n) is 8.75. The van der Waals surface area contributed by atoms with Crippen molar-refractivity contribution >= 4 is 11.7 Å². The van der Waals surface area contributed by atoms with E-state index in [1.165, 1.54) is 12.8 Å². The molecule has 0 radical (unpaired) electrons. The van der Waals surface area contributed by atoms with Crippen LogP contribution in [0.1, 0.15) is 75.9 Å². The van der Waals surface area contributed by atoms with Gasteiger partial charge in [-0.15, -0.1) is 0 Å². The lowest BCUT2D eigenvalue weighted by atomic mass is 9.93. The fraction of sp³-hybridized carbons (Fsp3) is 0.800. The van der Waals surface area contributed by atoms with Crippen molar-refractivity contribution in [2.75, 3.05) is 18.4 Å². The van der Waals surface area contributed by atoms with Gasteiger partial charge in [-0.1, -0.05) is 12.8 Å². The van der Waals surface area contributed by atoms with Crippen LogP contribution in [0.3, 0.4) is 0 Å². The van der Waals surface area contributed by atoms with Crippen LogP contribution in [0.25, 0.3) is 0 Å². The Labute approximate surface area is 163 Å². The van der Waals surface area contributed by atoms with Gasteiger partial charge >= 0.3 is 6.18 Å². The first-order chi connectivity index (χ1) is 13.3. The molecular formula is C20H29F3N4O. The Balaban J connectivity index is 1.39. The zero-order chi connectivity index (χ0) is 19.9. The summed E-state index contributed by atoms with van der Waals surface area (Å²) in [6.45, 7) is 3.11. The predicted molar refractivity (Wildman–Crippen MR) is 100 cm³/mol. The van der Waals surface area contributed by atoms with Gasteiger partial charge < -0.3 is 10.2 Å². The molecule has 0 spiro atoms. The van der Waals surface area contributed by atoms with Crippen LogP contribution in [0.15, 0.2) is 6.07 Å². The van der Waals surface area contributed by atoms with E-state index in [1.54, 1.807) is 13.0 Å². The molecule has 156 valence electrons. The van der Waals surface area contributed by atoms with E-state index in [9.17, 15) is 18.0 Å². The van der Waals surface area contributed by atoms with E-state index < -0.39 is 12.2 Å². The number of anilines is 1. The topological polar surface area (TPSA) is 50.2 Å². The van der Waals surface area contributed by atoms with E-state index in [0.717, 1.165) is 30.4 Å². The van der Waals surface area contributed by atoms with Crippen molar-refractivity contribution in [1.29, 1.82) is 0 Å². The number of hydrogen-bond acceptors (Lipinski definition) is 3. The number of hydrogen-bond donors (Lipinski definition) is 1. The quantitative estimate of drug-likeness (QED) is 0.817. The minimum absolute atomic E-state index is 0.00820. The highest BCUT2D eigenvalue weighted by Gasteiger charge is 2.45. The van der Waals surface area contributed by atoms with Crippen LogP contribution in [0, 0.1) is 5.92 Å². The molecule has 0 bridgehead atoms. The Morgan fingerprint density at radius 1 is 1.21 bits per heavy atom.